The molecule has 3 saturated heterocycles. The molecule has 0 bridgehead atoms. The number of hydrogen-bond donors (Lipinski definition) is 4. The molecule has 2 saturated carbocycles. The Balaban J connectivity index is 0.886. The van der Waals surface area contributed by atoms with Crippen molar-refractivity contribution in [2.75, 3.05) is 61.1 Å². The fourth-order valence-corrected chi connectivity index (χ4v) is 13.8. The number of aromatic nitrogens is 2. The standard InChI is InChI=1S/C55H68N8O9S/c1-35-8-5-6-9-41(35)48-34-70-26-7-23-61(48)39-31-55(32-39)20-24-60(25-21-55)38-10-12-42(45(29-38)62-44-17-27-71-53(2,3)49(44)72-52-47(62)28-37-16-22-56-50(37)58-52)51(64)59-73(68,69)40-11-13-43(46(30-40)63(66)67)57-33-36-14-18-54(4,65)19-15-36/h5-6,8-13,16,22,28-30,36,39,44,48-49,57,65H,7,14-15,17-21,23-27,31-34H2,1-4H3,(H,56,58)(H,59,64)/t36-,44-,48-,49+,54-/m0/s1. The quantitative estimate of drug-likeness (QED) is 0.0721. The van der Waals surface area contributed by atoms with Crippen molar-refractivity contribution in [1.82, 2.24) is 19.6 Å². The van der Waals surface area contributed by atoms with E-state index in [4.69, 9.17) is 19.2 Å². The molecule has 73 heavy (non-hydrogen) atoms. The van der Waals surface area contributed by atoms with Crippen LogP contribution in [0.25, 0.3) is 11.0 Å². The first kappa shape index (κ1) is 49.4. The van der Waals surface area contributed by atoms with Crippen LogP contribution >= 0.6 is 0 Å². The van der Waals surface area contributed by atoms with Crippen LogP contribution in [0.4, 0.5) is 28.4 Å². The van der Waals surface area contributed by atoms with Crippen molar-refractivity contribution in [2.24, 2.45) is 11.3 Å². The highest BCUT2D eigenvalue weighted by molar-refractivity contribution is 7.90. The zero-order valence-electron chi connectivity index (χ0n) is 42.3. The molecule has 5 aromatic rings. The van der Waals surface area contributed by atoms with Gasteiger partial charge in [0.2, 0.25) is 5.88 Å². The van der Waals surface area contributed by atoms with E-state index in [1.54, 1.807) is 6.07 Å². The highest BCUT2D eigenvalue weighted by atomic mass is 32.2. The summed E-state index contributed by atoms with van der Waals surface area (Å²) in [5, 5.41) is 26.8. The summed E-state index contributed by atoms with van der Waals surface area (Å²) in [6.45, 7) is 13.0. The number of carbonyl (C=O) groups is 1. The summed E-state index contributed by atoms with van der Waals surface area (Å²) in [6, 6.07) is 22.2. The monoisotopic (exact) mass is 1020 g/mol. The summed E-state index contributed by atoms with van der Waals surface area (Å²) < 4.78 is 50.0. The predicted molar refractivity (Wildman–Crippen MR) is 279 cm³/mol. The fraction of sp³-hybridized carbons (Fsp3) is 0.527. The van der Waals surface area contributed by atoms with Crippen LogP contribution in [-0.2, 0) is 19.5 Å². The maximum Gasteiger partial charge on any atom is 0.293 e. The second-order valence-corrected chi connectivity index (χ2v) is 24.1. The van der Waals surface area contributed by atoms with Gasteiger partial charge in [-0.1, -0.05) is 24.3 Å². The van der Waals surface area contributed by atoms with Crippen LogP contribution in [0.5, 0.6) is 5.88 Å². The molecule has 11 rings (SSSR count). The third-order valence-corrected chi connectivity index (χ3v) is 18.4. The molecule has 388 valence electrons. The lowest BCUT2D eigenvalue weighted by Crippen LogP contribution is -2.61. The molecule has 2 aromatic heterocycles. The van der Waals surface area contributed by atoms with Crippen LogP contribution in [0.2, 0.25) is 0 Å². The molecular weight excluding hydrogens is 949 g/mol. The number of fused-ring (bicyclic) bond motifs is 3. The molecule has 6 aliphatic rings. The van der Waals surface area contributed by atoms with E-state index in [2.05, 4.69) is 60.9 Å². The number of carbonyl (C=O) groups excluding carboxylic acids is 1. The van der Waals surface area contributed by atoms with Gasteiger partial charge < -0.3 is 39.4 Å². The van der Waals surface area contributed by atoms with Crippen molar-refractivity contribution in [2.45, 2.75) is 132 Å². The topological polar surface area (TPSA) is 205 Å². The van der Waals surface area contributed by atoms with Gasteiger partial charge in [0.15, 0.2) is 0 Å². The van der Waals surface area contributed by atoms with E-state index in [9.17, 15) is 28.4 Å². The first-order valence-electron chi connectivity index (χ1n) is 26.1. The Kier molecular flexibility index (Phi) is 13.0. The number of aliphatic hydroxyl groups is 1. The van der Waals surface area contributed by atoms with Gasteiger partial charge >= 0.3 is 0 Å². The van der Waals surface area contributed by atoms with Crippen LogP contribution in [0, 0.1) is 28.4 Å². The molecule has 0 unspecified atom stereocenters. The molecule has 0 radical (unpaired) electrons. The molecule has 5 fully saturated rings. The molecule has 3 atom stereocenters. The molecule has 17 nitrogen and oxygen atoms in total. The Morgan fingerprint density at radius 1 is 0.945 bits per heavy atom. The number of nitrogens with one attached hydrogen (secondary N) is 3. The number of nitrogens with zero attached hydrogens (tertiary/aromatic N) is 5. The minimum absolute atomic E-state index is 0.108. The minimum Gasteiger partial charge on any atom is -0.468 e. The molecular formula is C55H68N8O9S. The molecule has 1 spiro atoms. The number of nitro benzene ring substituents is 1. The predicted octanol–water partition coefficient (Wildman–Crippen LogP) is 8.93. The summed E-state index contributed by atoms with van der Waals surface area (Å²) in [5.41, 5.74) is 3.96. The van der Waals surface area contributed by atoms with E-state index in [0.717, 1.165) is 88.3 Å². The highest BCUT2D eigenvalue weighted by Gasteiger charge is 2.51. The second-order valence-electron chi connectivity index (χ2n) is 22.4. The van der Waals surface area contributed by atoms with Gasteiger partial charge in [0.25, 0.3) is 21.6 Å². The van der Waals surface area contributed by atoms with Crippen molar-refractivity contribution in [3.8, 4) is 5.88 Å². The molecule has 3 aromatic carbocycles. The number of H-pyrrole nitrogens is 1. The number of ether oxygens (including phenoxy) is 3. The van der Waals surface area contributed by atoms with Crippen LogP contribution in [0.15, 0.2) is 83.9 Å². The molecule has 6 heterocycles. The number of sulfonamides is 1. The number of aryl methyl sites for hydroxylation is 1. The Morgan fingerprint density at radius 2 is 1.73 bits per heavy atom. The lowest BCUT2D eigenvalue weighted by atomic mass is 9.59. The number of piperidine rings is 1. The molecule has 1 amide bonds. The number of anilines is 4. The Bertz CT molecular complexity index is 3010. The number of hydrogen-bond acceptors (Lipinski definition) is 14. The van der Waals surface area contributed by atoms with Crippen molar-refractivity contribution in [1.29, 1.82) is 0 Å². The van der Waals surface area contributed by atoms with Gasteiger partial charge in [0.1, 0.15) is 28.7 Å². The third kappa shape index (κ3) is 9.65. The summed E-state index contributed by atoms with van der Waals surface area (Å²) in [6.07, 6.45) is 9.98. The maximum absolute atomic E-state index is 14.8. The van der Waals surface area contributed by atoms with Crippen molar-refractivity contribution < 1.29 is 37.5 Å². The summed E-state index contributed by atoms with van der Waals surface area (Å²) >= 11 is 0. The first-order chi connectivity index (χ1) is 35.0. The van der Waals surface area contributed by atoms with Crippen LogP contribution in [0.3, 0.4) is 0 Å². The summed E-state index contributed by atoms with van der Waals surface area (Å²) in [4.78, 5) is 41.5. The number of benzene rings is 3. The summed E-state index contributed by atoms with van der Waals surface area (Å²) in [5.74, 6) is -0.331. The molecule has 4 aliphatic heterocycles. The van der Waals surface area contributed by atoms with Gasteiger partial charge in [-0.2, -0.15) is 4.98 Å². The first-order valence-corrected chi connectivity index (χ1v) is 27.6. The average molecular weight is 1020 g/mol. The average Bonchev–Trinajstić information content (AvgIpc) is 3.68. The SMILES string of the molecule is Cc1ccccc1[C@@H]1COCCCN1C1CC2(CCN(c3ccc(C(=O)NS(=O)(=O)c4ccc(NC[C@H]5CC[C@](C)(O)CC5)c([N+](=O)[O-])c4)c(N4c5cc6cc[nH]c6nc5O[C@@H]5[C@@H]4CCOC5(C)C)c3)CC2)C1. The van der Waals surface area contributed by atoms with Gasteiger partial charge in [-0.05, 0) is 157 Å². The smallest absolute Gasteiger partial charge is 0.293 e. The Labute approximate surface area is 427 Å². The van der Waals surface area contributed by atoms with E-state index >= 15 is 0 Å². The lowest BCUT2D eigenvalue weighted by molar-refractivity contribution is -0.384. The van der Waals surface area contributed by atoms with E-state index in [0.29, 0.717) is 68.0 Å². The van der Waals surface area contributed by atoms with Gasteiger partial charge in [-0.15, -0.1) is 0 Å². The highest BCUT2D eigenvalue weighted by Crippen LogP contribution is 2.54. The van der Waals surface area contributed by atoms with E-state index in [1.165, 1.54) is 23.3 Å². The Hall–Kier alpha value is -5.79. The zero-order chi connectivity index (χ0) is 50.9. The number of aromatic amines is 1. The van der Waals surface area contributed by atoms with E-state index in [1.807, 2.05) is 51.2 Å². The van der Waals surface area contributed by atoms with Gasteiger partial charge in [-0.25, -0.2) is 13.1 Å². The second kappa shape index (κ2) is 19.2. The lowest BCUT2D eigenvalue weighted by Gasteiger charge is -2.56. The van der Waals surface area contributed by atoms with Crippen molar-refractivity contribution in [3.05, 3.63) is 106 Å². The van der Waals surface area contributed by atoms with Crippen molar-refractivity contribution in [3.63, 3.8) is 0 Å². The minimum atomic E-state index is -4.64. The maximum atomic E-state index is 14.8. The molecule has 18 heteroatoms. The van der Waals surface area contributed by atoms with E-state index < -0.39 is 48.7 Å². The normalized spacial score (nSPS) is 26.3. The summed E-state index contributed by atoms with van der Waals surface area (Å²) in [7, 11) is -4.64. The van der Waals surface area contributed by atoms with Crippen LogP contribution in [0.1, 0.15) is 113 Å². The van der Waals surface area contributed by atoms with Gasteiger partial charge in [-0.3, -0.25) is 19.8 Å². The van der Waals surface area contributed by atoms with Crippen LogP contribution < -0.4 is 24.6 Å². The largest absolute Gasteiger partial charge is 0.468 e. The Morgan fingerprint density at radius 3 is 2.49 bits per heavy atom. The molecule has 2 aliphatic carbocycles. The number of rotatable bonds is 11. The van der Waals surface area contributed by atoms with Gasteiger partial charge in [0, 0.05) is 68.8 Å². The molecule has 4 N–H and O–H groups in total. The third-order valence-electron chi connectivity index (χ3n) is 17.1. The van der Waals surface area contributed by atoms with Crippen LogP contribution in [-0.4, -0.2) is 115 Å². The zero-order valence-corrected chi connectivity index (χ0v) is 43.1. The fourth-order valence-electron chi connectivity index (χ4n) is 12.8. The number of amides is 1. The van der Waals surface area contributed by atoms with Gasteiger partial charge in [0.05, 0.1) is 45.4 Å². The number of pyridine rings is 1. The van der Waals surface area contributed by atoms with E-state index in [-0.39, 0.29) is 34.7 Å². The van der Waals surface area contributed by atoms with Crippen molar-refractivity contribution >= 4 is 55.4 Å². The number of nitro groups is 1.